The van der Waals surface area contributed by atoms with E-state index in [4.69, 9.17) is 21.1 Å². The van der Waals surface area contributed by atoms with Crippen LogP contribution >= 0.6 is 27.5 Å². The fraction of sp³-hybridized carbons (Fsp3) is 0.350. The standard InChI is InChI=1S/C20H21BrClNO3/c1-19(2,3)26-18(24)23-12-20(13-7-5-4-6-8-13)11-14-16(25-20)10-9-15(22)17(14)21/h4-10H,11-12H2,1-3H3,(H,23,24)/t20-/m1/s1. The number of carbonyl (C=O) groups excluding carboxylic acids is 1. The first-order chi connectivity index (χ1) is 12.2. The van der Waals surface area contributed by atoms with Gasteiger partial charge >= 0.3 is 6.09 Å². The molecule has 3 rings (SSSR count). The van der Waals surface area contributed by atoms with Crippen LogP contribution in [0, 0.1) is 0 Å². The number of nitrogens with one attached hydrogen (secondary N) is 1. The van der Waals surface area contributed by atoms with Crippen LogP contribution in [-0.2, 0) is 16.8 Å². The Labute approximate surface area is 167 Å². The summed E-state index contributed by atoms with van der Waals surface area (Å²) < 4.78 is 12.5. The average Bonchev–Trinajstić information content (AvgIpc) is 2.97. The number of rotatable bonds is 3. The molecule has 26 heavy (non-hydrogen) atoms. The highest BCUT2D eigenvalue weighted by Crippen LogP contribution is 2.46. The third kappa shape index (κ3) is 3.99. The van der Waals surface area contributed by atoms with Crippen LogP contribution in [0.1, 0.15) is 31.9 Å². The number of amides is 1. The Balaban J connectivity index is 1.89. The normalized spacial score (nSPS) is 18.8. The maximum Gasteiger partial charge on any atom is 0.407 e. The topological polar surface area (TPSA) is 47.6 Å². The van der Waals surface area contributed by atoms with Crippen molar-refractivity contribution in [3.05, 3.63) is 63.1 Å². The summed E-state index contributed by atoms with van der Waals surface area (Å²) in [6.45, 7) is 5.78. The fourth-order valence-electron chi connectivity index (χ4n) is 3.00. The second-order valence-corrected chi connectivity index (χ2v) is 8.53. The molecule has 0 radical (unpaired) electrons. The molecule has 0 saturated heterocycles. The van der Waals surface area contributed by atoms with Crippen molar-refractivity contribution in [2.24, 2.45) is 0 Å². The molecule has 0 unspecified atom stereocenters. The van der Waals surface area contributed by atoms with E-state index in [1.54, 1.807) is 6.07 Å². The van der Waals surface area contributed by atoms with Crippen LogP contribution in [-0.4, -0.2) is 18.2 Å². The molecule has 0 spiro atoms. The van der Waals surface area contributed by atoms with Crippen LogP contribution < -0.4 is 10.1 Å². The van der Waals surface area contributed by atoms with Gasteiger partial charge in [0.25, 0.3) is 0 Å². The zero-order valence-electron chi connectivity index (χ0n) is 14.9. The second kappa shape index (κ2) is 7.12. The summed E-state index contributed by atoms with van der Waals surface area (Å²) in [7, 11) is 0. The number of alkyl carbamates (subject to hydrolysis) is 1. The van der Waals surface area contributed by atoms with Crippen LogP contribution in [0.4, 0.5) is 4.79 Å². The van der Waals surface area contributed by atoms with E-state index in [-0.39, 0.29) is 6.54 Å². The molecule has 1 atom stereocenters. The average molecular weight is 439 g/mol. The summed E-state index contributed by atoms with van der Waals surface area (Å²) in [6, 6.07) is 13.5. The third-order valence-electron chi connectivity index (χ3n) is 4.14. The Kier molecular flexibility index (Phi) is 5.22. The van der Waals surface area contributed by atoms with E-state index < -0.39 is 17.3 Å². The van der Waals surface area contributed by atoms with Gasteiger partial charge in [0, 0.05) is 16.5 Å². The second-order valence-electron chi connectivity index (χ2n) is 7.33. The smallest absolute Gasteiger partial charge is 0.407 e. The summed E-state index contributed by atoms with van der Waals surface area (Å²) in [5.41, 5.74) is 0.705. The van der Waals surface area contributed by atoms with Crippen molar-refractivity contribution in [1.82, 2.24) is 5.32 Å². The van der Waals surface area contributed by atoms with Crippen molar-refractivity contribution >= 4 is 33.6 Å². The zero-order valence-corrected chi connectivity index (χ0v) is 17.3. The van der Waals surface area contributed by atoms with Gasteiger partial charge in [-0.15, -0.1) is 0 Å². The van der Waals surface area contributed by atoms with Gasteiger partial charge in [0.15, 0.2) is 5.60 Å². The highest BCUT2D eigenvalue weighted by Gasteiger charge is 2.43. The highest BCUT2D eigenvalue weighted by atomic mass is 79.9. The lowest BCUT2D eigenvalue weighted by molar-refractivity contribution is 0.0415. The lowest BCUT2D eigenvalue weighted by Crippen LogP contribution is -2.45. The van der Waals surface area contributed by atoms with E-state index in [1.165, 1.54) is 0 Å². The molecule has 6 heteroatoms. The zero-order chi connectivity index (χ0) is 18.9. The lowest BCUT2D eigenvalue weighted by Gasteiger charge is -2.30. The van der Waals surface area contributed by atoms with Gasteiger partial charge in [-0.25, -0.2) is 4.79 Å². The van der Waals surface area contributed by atoms with Gasteiger partial charge < -0.3 is 14.8 Å². The predicted molar refractivity (Wildman–Crippen MR) is 106 cm³/mol. The SMILES string of the molecule is CC(C)(C)OC(=O)NC[C@@]1(c2ccccc2)Cc2c(ccc(Cl)c2Br)O1. The molecule has 0 fully saturated rings. The number of carbonyl (C=O) groups is 1. The molecule has 0 aliphatic carbocycles. The Bertz CT molecular complexity index is 820. The van der Waals surface area contributed by atoms with E-state index in [0.29, 0.717) is 11.4 Å². The molecule has 2 aromatic rings. The van der Waals surface area contributed by atoms with Gasteiger partial charge in [0.1, 0.15) is 11.4 Å². The molecule has 1 aliphatic rings. The van der Waals surface area contributed by atoms with Crippen molar-refractivity contribution in [2.45, 2.75) is 38.4 Å². The first kappa shape index (κ1) is 19.1. The number of benzene rings is 2. The molecular weight excluding hydrogens is 418 g/mol. The van der Waals surface area contributed by atoms with E-state index in [9.17, 15) is 4.79 Å². The van der Waals surface area contributed by atoms with Gasteiger partial charge in [0.2, 0.25) is 0 Å². The van der Waals surface area contributed by atoms with Gasteiger partial charge in [-0.05, 0) is 54.4 Å². The molecule has 1 heterocycles. The number of fused-ring (bicyclic) bond motifs is 1. The summed E-state index contributed by atoms with van der Waals surface area (Å²) in [4.78, 5) is 12.2. The molecule has 0 saturated carbocycles. The first-order valence-electron chi connectivity index (χ1n) is 8.38. The summed E-state index contributed by atoms with van der Waals surface area (Å²) in [5.74, 6) is 0.760. The quantitative estimate of drug-likeness (QED) is 0.692. The lowest BCUT2D eigenvalue weighted by atomic mass is 9.89. The van der Waals surface area contributed by atoms with Crippen LogP contribution in [0.25, 0.3) is 0 Å². The molecule has 4 nitrogen and oxygen atoms in total. The minimum Gasteiger partial charge on any atom is -0.480 e. The summed E-state index contributed by atoms with van der Waals surface area (Å²) >= 11 is 9.79. The molecule has 0 bridgehead atoms. The number of halogens is 2. The van der Waals surface area contributed by atoms with Gasteiger partial charge in [-0.3, -0.25) is 0 Å². The largest absolute Gasteiger partial charge is 0.480 e. The van der Waals surface area contributed by atoms with E-state index in [0.717, 1.165) is 21.3 Å². The maximum absolute atomic E-state index is 12.2. The molecular formula is C20H21BrClNO3. The van der Waals surface area contributed by atoms with Gasteiger partial charge in [0.05, 0.1) is 11.6 Å². The van der Waals surface area contributed by atoms with Crippen molar-refractivity contribution < 1.29 is 14.3 Å². The minimum atomic E-state index is -0.715. The van der Waals surface area contributed by atoms with Crippen LogP contribution in [0.3, 0.4) is 0 Å². The van der Waals surface area contributed by atoms with Crippen molar-refractivity contribution in [3.8, 4) is 5.75 Å². The Hall–Kier alpha value is -1.72. The summed E-state index contributed by atoms with van der Waals surface area (Å²) in [6.07, 6.45) is 0.119. The van der Waals surface area contributed by atoms with Crippen molar-refractivity contribution in [3.63, 3.8) is 0 Å². The third-order valence-corrected chi connectivity index (χ3v) is 5.59. The number of hydrogen-bond acceptors (Lipinski definition) is 3. The Morgan fingerprint density at radius 3 is 2.62 bits per heavy atom. The minimum absolute atomic E-state index is 0.282. The fourth-order valence-corrected chi connectivity index (χ4v) is 3.64. The first-order valence-corrected chi connectivity index (χ1v) is 9.56. The molecule has 1 N–H and O–H groups in total. The van der Waals surface area contributed by atoms with Crippen LogP contribution in [0.2, 0.25) is 5.02 Å². The summed E-state index contributed by atoms with van der Waals surface area (Å²) in [5, 5.41) is 3.49. The van der Waals surface area contributed by atoms with Crippen LogP contribution in [0.15, 0.2) is 46.9 Å². The van der Waals surface area contributed by atoms with Crippen LogP contribution in [0.5, 0.6) is 5.75 Å². The monoisotopic (exact) mass is 437 g/mol. The number of ether oxygens (including phenoxy) is 2. The molecule has 1 amide bonds. The molecule has 2 aromatic carbocycles. The van der Waals surface area contributed by atoms with E-state index in [2.05, 4.69) is 21.2 Å². The Morgan fingerprint density at radius 2 is 1.96 bits per heavy atom. The molecule has 1 aliphatic heterocycles. The van der Waals surface area contributed by atoms with Gasteiger partial charge in [-0.2, -0.15) is 0 Å². The Morgan fingerprint density at radius 1 is 1.27 bits per heavy atom. The highest BCUT2D eigenvalue weighted by molar-refractivity contribution is 9.10. The molecule has 138 valence electrons. The van der Waals surface area contributed by atoms with E-state index >= 15 is 0 Å². The maximum atomic E-state index is 12.2. The predicted octanol–water partition coefficient (Wildman–Crippen LogP) is 5.46. The van der Waals surface area contributed by atoms with E-state index in [1.807, 2.05) is 57.2 Å². The van der Waals surface area contributed by atoms with Crippen molar-refractivity contribution in [1.29, 1.82) is 0 Å². The number of hydrogen-bond donors (Lipinski definition) is 1. The van der Waals surface area contributed by atoms with Gasteiger partial charge in [-0.1, -0.05) is 41.9 Å². The molecule has 0 aromatic heterocycles. The van der Waals surface area contributed by atoms with Crippen molar-refractivity contribution in [2.75, 3.05) is 6.54 Å².